The van der Waals surface area contributed by atoms with Crippen molar-refractivity contribution in [3.05, 3.63) is 48.0 Å². The monoisotopic (exact) mass is 365 g/mol. The molecule has 0 bridgehead atoms. The highest BCUT2D eigenvalue weighted by atomic mass is 19.4. The third kappa shape index (κ3) is 3.48. The zero-order valence-electron chi connectivity index (χ0n) is 13.1. The van der Waals surface area contributed by atoms with Crippen LogP contribution in [0.3, 0.4) is 0 Å². The largest absolute Gasteiger partial charge is 0.471 e. The Hall–Kier alpha value is -3.43. The number of benzene rings is 1. The number of carbonyl (C=O) groups excluding carboxylic acids is 2. The Morgan fingerprint density at radius 1 is 1.19 bits per heavy atom. The number of amides is 2. The Balaban J connectivity index is 2.07. The quantitative estimate of drug-likeness (QED) is 0.765. The van der Waals surface area contributed by atoms with E-state index < -0.39 is 23.9 Å². The van der Waals surface area contributed by atoms with Gasteiger partial charge in [-0.25, -0.2) is 0 Å². The minimum atomic E-state index is -4.77. The molecule has 0 aliphatic heterocycles. The Labute approximate surface area is 143 Å². The van der Waals surface area contributed by atoms with E-state index in [1.54, 1.807) is 12.1 Å². The minimum Gasteiger partial charge on any atom is -0.464 e. The molecule has 0 saturated carbocycles. The fourth-order valence-corrected chi connectivity index (χ4v) is 2.20. The average Bonchev–Trinajstić information content (AvgIpc) is 3.25. The number of rotatable bonds is 3. The Morgan fingerprint density at radius 3 is 2.54 bits per heavy atom. The van der Waals surface area contributed by atoms with Gasteiger partial charge in [0.1, 0.15) is 5.76 Å². The van der Waals surface area contributed by atoms with Crippen molar-refractivity contribution in [2.45, 2.75) is 13.1 Å². The van der Waals surface area contributed by atoms with E-state index in [9.17, 15) is 22.8 Å². The van der Waals surface area contributed by atoms with E-state index in [4.69, 9.17) is 4.42 Å². The van der Waals surface area contributed by atoms with Crippen LogP contribution in [0.5, 0.6) is 0 Å². The number of nitrogens with zero attached hydrogens (tertiary/aromatic N) is 2. The molecule has 2 amide bonds. The molecule has 10 heteroatoms. The topological polar surface area (TPSA) is 98.2 Å². The van der Waals surface area contributed by atoms with E-state index in [1.165, 1.54) is 31.4 Å². The lowest BCUT2D eigenvalue weighted by Crippen LogP contribution is -2.28. The second-order valence-corrected chi connectivity index (χ2v) is 5.17. The first-order chi connectivity index (χ1) is 12.3. The van der Waals surface area contributed by atoms with Crippen molar-refractivity contribution in [1.82, 2.24) is 15.5 Å². The van der Waals surface area contributed by atoms with Gasteiger partial charge in [-0.2, -0.15) is 18.2 Å². The summed E-state index contributed by atoms with van der Waals surface area (Å²) in [6.07, 6.45) is -3.40. The third-order valence-electron chi connectivity index (χ3n) is 3.27. The zero-order chi connectivity index (χ0) is 18.9. The van der Waals surface area contributed by atoms with Crippen molar-refractivity contribution >= 4 is 11.8 Å². The summed E-state index contributed by atoms with van der Waals surface area (Å²) < 4.78 is 47.3. The highest BCUT2D eigenvalue weighted by Gasteiger charge is 2.38. The predicted molar refractivity (Wildman–Crippen MR) is 80.6 cm³/mol. The first kappa shape index (κ1) is 17.4. The second-order valence-electron chi connectivity index (χ2n) is 5.17. The average molecular weight is 365 g/mol. The molecule has 134 valence electrons. The molecule has 0 unspecified atom stereocenters. The van der Waals surface area contributed by atoms with E-state index in [-0.39, 0.29) is 28.3 Å². The van der Waals surface area contributed by atoms with Crippen LogP contribution in [0.1, 0.15) is 23.2 Å². The molecule has 3 aromatic rings. The summed E-state index contributed by atoms with van der Waals surface area (Å²) in [4.78, 5) is 26.6. The maximum absolute atomic E-state index is 12.6. The number of alkyl halides is 3. The summed E-state index contributed by atoms with van der Waals surface area (Å²) in [5.41, 5.74) is 0.526. The fourth-order valence-electron chi connectivity index (χ4n) is 2.20. The van der Waals surface area contributed by atoms with E-state index in [1.807, 2.05) is 0 Å². The summed E-state index contributed by atoms with van der Waals surface area (Å²) in [5.74, 6) is -2.74. The van der Waals surface area contributed by atoms with Gasteiger partial charge in [-0.1, -0.05) is 11.2 Å². The van der Waals surface area contributed by atoms with Gasteiger partial charge in [0, 0.05) is 18.1 Å². The summed E-state index contributed by atoms with van der Waals surface area (Å²) in [7, 11) is 0. The highest BCUT2D eigenvalue weighted by Crippen LogP contribution is 2.32. The number of hydrogen-bond acceptors (Lipinski definition) is 6. The molecule has 2 heterocycles. The molecule has 0 atom stereocenters. The molecule has 26 heavy (non-hydrogen) atoms. The van der Waals surface area contributed by atoms with Crippen LogP contribution in [-0.4, -0.2) is 22.0 Å². The smallest absolute Gasteiger partial charge is 0.464 e. The van der Waals surface area contributed by atoms with Gasteiger partial charge in [-0.3, -0.25) is 14.9 Å². The lowest BCUT2D eigenvalue weighted by atomic mass is 10.0. The summed E-state index contributed by atoms with van der Waals surface area (Å²) >= 11 is 0. The van der Waals surface area contributed by atoms with Crippen LogP contribution in [0.25, 0.3) is 22.7 Å². The van der Waals surface area contributed by atoms with Crippen LogP contribution in [0, 0.1) is 0 Å². The standard InChI is InChI=1S/C16H10F3N3O4/c1-8(23)20-14(24)10-5-4-9(7-11(10)12-3-2-6-25-12)13-21-15(26-22-13)16(17,18)19/h2-7H,1H3,(H,20,23,24). The maximum atomic E-state index is 12.6. The van der Waals surface area contributed by atoms with E-state index >= 15 is 0 Å². The van der Waals surface area contributed by atoms with Crippen LogP contribution in [0.15, 0.2) is 45.5 Å². The summed E-state index contributed by atoms with van der Waals surface area (Å²) in [6.45, 7) is 1.18. The van der Waals surface area contributed by atoms with Crippen LogP contribution < -0.4 is 5.32 Å². The first-order valence-electron chi connectivity index (χ1n) is 7.17. The molecule has 0 saturated heterocycles. The van der Waals surface area contributed by atoms with Crippen molar-refractivity contribution in [3.8, 4) is 22.7 Å². The number of hydrogen-bond donors (Lipinski definition) is 1. The molecule has 0 radical (unpaired) electrons. The van der Waals surface area contributed by atoms with Crippen molar-refractivity contribution < 1.29 is 31.7 Å². The molecule has 2 aromatic heterocycles. The number of carbonyl (C=O) groups is 2. The predicted octanol–water partition coefficient (Wildman–Crippen LogP) is 3.29. The molecule has 1 aromatic carbocycles. The Bertz CT molecular complexity index is 962. The molecule has 1 N–H and O–H groups in total. The minimum absolute atomic E-state index is 0.0958. The van der Waals surface area contributed by atoms with Gasteiger partial charge < -0.3 is 8.94 Å². The van der Waals surface area contributed by atoms with Gasteiger partial charge in [0.15, 0.2) is 0 Å². The molecule has 3 rings (SSSR count). The normalized spacial score (nSPS) is 11.4. The SMILES string of the molecule is CC(=O)NC(=O)c1ccc(-c2noc(C(F)(F)F)n2)cc1-c1ccco1. The molecule has 0 aliphatic carbocycles. The van der Waals surface area contributed by atoms with Gasteiger partial charge in [-0.15, -0.1) is 0 Å². The summed E-state index contributed by atoms with van der Waals surface area (Å²) in [5, 5.41) is 5.43. The lowest BCUT2D eigenvalue weighted by Gasteiger charge is -2.08. The van der Waals surface area contributed by atoms with Crippen molar-refractivity contribution in [1.29, 1.82) is 0 Å². The van der Waals surface area contributed by atoms with E-state index in [0.717, 1.165) is 0 Å². The molecule has 0 fully saturated rings. The highest BCUT2D eigenvalue weighted by molar-refractivity contribution is 6.08. The molecule has 7 nitrogen and oxygen atoms in total. The van der Waals surface area contributed by atoms with Gasteiger partial charge in [0.05, 0.1) is 11.8 Å². The first-order valence-corrected chi connectivity index (χ1v) is 7.17. The van der Waals surface area contributed by atoms with Crippen molar-refractivity contribution in [2.75, 3.05) is 0 Å². The molecule has 0 spiro atoms. The molecular weight excluding hydrogens is 355 g/mol. The van der Waals surface area contributed by atoms with Crippen LogP contribution in [-0.2, 0) is 11.0 Å². The number of aromatic nitrogens is 2. The van der Waals surface area contributed by atoms with Crippen LogP contribution >= 0.6 is 0 Å². The zero-order valence-corrected chi connectivity index (χ0v) is 13.1. The Morgan fingerprint density at radius 2 is 1.96 bits per heavy atom. The Kier molecular flexibility index (Phi) is 4.33. The number of furan rings is 1. The van der Waals surface area contributed by atoms with E-state index in [2.05, 4.69) is 20.0 Å². The number of halogens is 3. The van der Waals surface area contributed by atoms with Crippen LogP contribution in [0.2, 0.25) is 0 Å². The fraction of sp³-hybridized carbons (Fsp3) is 0.125. The lowest BCUT2D eigenvalue weighted by molar-refractivity contribution is -0.159. The summed E-state index contributed by atoms with van der Waals surface area (Å²) in [6, 6.07) is 7.17. The van der Waals surface area contributed by atoms with E-state index in [0.29, 0.717) is 0 Å². The number of nitrogens with one attached hydrogen (secondary N) is 1. The second kappa shape index (κ2) is 6.47. The van der Waals surface area contributed by atoms with Gasteiger partial charge in [0.2, 0.25) is 11.7 Å². The molecular formula is C16H10F3N3O4. The third-order valence-corrected chi connectivity index (χ3v) is 3.27. The van der Waals surface area contributed by atoms with Gasteiger partial charge in [0.25, 0.3) is 5.91 Å². The van der Waals surface area contributed by atoms with Crippen molar-refractivity contribution in [3.63, 3.8) is 0 Å². The van der Waals surface area contributed by atoms with Crippen molar-refractivity contribution in [2.24, 2.45) is 0 Å². The van der Waals surface area contributed by atoms with Crippen LogP contribution in [0.4, 0.5) is 13.2 Å². The number of imide groups is 1. The molecule has 0 aliphatic rings. The van der Waals surface area contributed by atoms with Gasteiger partial charge in [-0.05, 0) is 24.3 Å². The maximum Gasteiger partial charge on any atom is 0.471 e. The van der Waals surface area contributed by atoms with Gasteiger partial charge >= 0.3 is 12.1 Å².